The van der Waals surface area contributed by atoms with Crippen LogP contribution in [0.4, 0.5) is 0 Å². The van der Waals surface area contributed by atoms with Crippen LogP contribution in [0.15, 0.2) is 16.5 Å². The third kappa shape index (κ3) is 2.60. The maximum absolute atomic E-state index is 10.5. The fourth-order valence-corrected chi connectivity index (χ4v) is 1.28. The molecule has 0 bridgehead atoms. The van der Waals surface area contributed by atoms with Crippen LogP contribution in [0.5, 0.6) is 0 Å². The molecule has 0 aliphatic heterocycles. The van der Waals surface area contributed by atoms with Crippen molar-refractivity contribution in [3.63, 3.8) is 0 Å². The van der Waals surface area contributed by atoms with Crippen LogP contribution in [-0.4, -0.2) is 17.1 Å². The maximum atomic E-state index is 10.5. The number of carboxylic acids is 1. The van der Waals surface area contributed by atoms with E-state index in [0.717, 1.165) is 0 Å². The van der Waals surface area contributed by atoms with Gasteiger partial charge in [0.05, 0.1) is 6.04 Å². The summed E-state index contributed by atoms with van der Waals surface area (Å²) < 4.78 is 5.15. The van der Waals surface area contributed by atoms with Crippen molar-refractivity contribution in [2.24, 2.45) is 0 Å². The van der Waals surface area contributed by atoms with Crippen molar-refractivity contribution in [3.8, 4) is 0 Å². The molecule has 0 aliphatic carbocycles. The molecule has 0 saturated heterocycles. The Bertz CT molecular complexity index is 317. The third-order valence-corrected chi connectivity index (χ3v) is 1.85. The minimum Gasteiger partial charge on any atom is -0.475 e. The summed E-state index contributed by atoms with van der Waals surface area (Å²) in [7, 11) is 0. The van der Waals surface area contributed by atoms with Crippen LogP contribution in [0.25, 0.3) is 0 Å². The Hall–Kier alpha value is -1.29. The highest BCUT2D eigenvalue weighted by atomic mass is 16.4. The first-order valence-corrected chi connectivity index (χ1v) is 4.59. The molecule has 0 radical (unpaired) electrons. The Labute approximate surface area is 82.9 Å². The zero-order valence-electron chi connectivity index (χ0n) is 8.57. The molecular formula is C10H15NO3. The summed E-state index contributed by atoms with van der Waals surface area (Å²) in [5.41, 5.74) is 0. The number of furan rings is 1. The molecule has 1 rings (SSSR count). The van der Waals surface area contributed by atoms with Crippen LogP contribution in [0.2, 0.25) is 0 Å². The summed E-state index contributed by atoms with van der Waals surface area (Å²) in [6, 6.07) is 3.52. The molecule has 0 aliphatic rings. The standard InChI is InChI=1S/C10H15NO3/c1-6(2)11-7(3)8-4-5-9(14-8)10(12)13/h4-7,11H,1-3H3,(H,12,13). The molecule has 0 saturated carbocycles. The van der Waals surface area contributed by atoms with E-state index >= 15 is 0 Å². The van der Waals surface area contributed by atoms with E-state index in [4.69, 9.17) is 9.52 Å². The van der Waals surface area contributed by atoms with Gasteiger partial charge in [0.2, 0.25) is 5.76 Å². The maximum Gasteiger partial charge on any atom is 0.371 e. The van der Waals surface area contributed by atoms with Crippen LogP contribution >= 0.6 is 0 Å². The largest absolute Gasteiger partial charge is 0.475 e. The average Bonchev–Trinajstić information content (AvgIpc) is 2.50. The molecule has 14 heavy (non-hydrogen) atoms. The molecule has 1 heterocycles. The SMILES string of the molecule is CC(C)NC(C)c1ccc(C(=O)O)o1. The first-order chi connectivity index (χ1) is 6.50. The van der Waals surface area contributed by atoms with Crippen molar-refractivity contribution < 1.29 is 14.3 Å². The second-order valence-corrected chi connectivity index (χ2v) is 3.55. The molecule has 1 aromatic rings. The van der Waals surface area contributed by atoms with Gasteiger partial charge in [0.15, 0.2) is 0 Å². The lowest BCUT2D eigenvalue weighted by Crippen LogP contribution is -2.25. The van der Waals surface area contributed by atoms with Crippen molar-refractivity contribution in [2.45, 2.75) is 32.9 Å². The molecule has 78 valence electrons. The lowest BCUT2D eigenvalue weighted by molar-refractivity contribution is 0.0659. The van der Waals surface area contributed by atoms with E-state index in [2.05, 4.69) is 5.32 Å². The number of hydrogen-bond acceptors (Lipinski definition) is 3. The fraction of sp³-hybridized carbons (Fsp3) is 0.500. The van der Waals surface area contributed by atoms with E-state index < -0.39 is 5.97 Å². The number of carboxylic acid groups (broad SMARTS) is 1. The molecule has 1 unspecified atom stereocenters. The lowest BCUT2D eigenvalue weighted by Gasteiger charge is -2.13. The van der Waals surface area contributed by atoms with Gasteiger partial charge in [0.1, 0.15) is 5.76 Å². The first kappa shape index (κ1) is 10.8. The molecule has 4 nitrogen and oxygen atoms in total. The Morgan fingerprint density at radius 2 is 2.07 bits per heavy atom. The van der Waals surface area contributed by atoms with Gasteiger partial charge < -0.3 is 14.8 Å². The normalized spacial score (nSPS) is 13.1. The van der Waals surface area contributed by atoms with Crippen LogP contribution in [0.1, 0.15) is 43.1 Å². The summed E-state index contributed by atoms with van der Waals surface area (Å²) in [5, 5.41) is 11.9. The van der Waals surface area contributed by atoms with Crippen LogP contribution in [-0.2, 0) is 0 Å². The van der Waals surface area contributed by atoms with Crippen molar-refractivity contribution in [3.05, 3.63) is 23.7 Å². The average molecular weight is 197 g/mol. The van der Waals surface area contributed by atoms with Gasteiger partial charge in [-0.3, -0.25) is 0 Å². The summed E-state index contributed by atoms with van der Waals surface area (Å²) in [4.78, 5) is 10.5. The highest BCUT2D eigenvalue weighted by Crippen LogP contribution is 2.16. The van der Waals surface area contributed by atoms with Gasteiger partial charge in [0, 0.05) is 6.04 Å². The number of hydrogen-bond donors (Lipinski definition) is 2. The van der Waals surface area contributed by atoms with Crippen molar-refractivity contribution >= 4 is 5.97 Å². The Kier molecular flexibility index (Phi) is 3.30. The summed E-state index contributed by atoms with van der Waals surface area (Å²) in [5.74, 6) is -0.401. The van der Waals surface area contributed by atoms with Crippen LogP contribution in [0.3, 0.4) is 0 Å². The molecule has 0 aromatic carbocycles. The van der Waals surface area contributed by atoms with Gasteiger partial charge >= 0.3 is 5.97 Å². The Balaban J connectivity index is 2.71. The van der Waals surface area contributed by atoms with Gasteiger partial charge in [-0.05, 0) is 19.1 Å². The number of rotatable bonds is 4. The number of carbonyl (C=O) groups is 1. The zero-order chi connectivity index (χ0) is 10.7. The van der Waals surface area contributed by atoms with E-state index in [9.17, 15) is 4.79 Å². The summed E-state index contributed by atoms with van der Waals surface area (Å²) in [6.07, 6.45) is 0. The molecule has 0 fully saturated rings. The molecule has 1 aromatic heterocycles. The topological polar surface area (TPSA) is 62.5 Å². The van der Waals surface area contributed by atoms with E-state index in [0.29, 0.717) is 11.8 Å². The van der Waals surface area contributed by atoms with Crippen molar-refractivity contribution in [1.29, 1.82) is 0 Å². The summed E-state index contributed by atoms with van der Waals surface area (Å²) in [6.45, 7) is 5.99. The lowest BCUT2D eigenvalue weighted by atomic mass is 10.2. The highest BCUT2D eigenvalue weighted by Gasteiger charge is 2.14. The highest BCUT2D eigenvalue weighted by molar-refractivity contribution is 5.84. The van der Waals surface area contributed by atoms with Gasteiger partial charge in [-0.1, -0.05) is 13.8 Å². The van der Waals surface area contributed by atoms with Gasteiger partial charge in [-0.2, -0.15) is 0 Å². The van der Waals surface area contributed by atoms with E-state index in [-0.39, 0.29) is 11.8 Å². The Morgan fingerprint density at radius 1 is 1.43 bits per heavy atom. The minimum atomic E-state index is -1.03. The summed E-state index contributed by atoms with van der Waals surface area (Å²) >= 11 is 0. The smallest absolute Gasteiger partial charge is 0.371 e. The predicted molar refractivity (Wildman–Crippen MR) is 52.4 cm³/mol. The van der Waals surface area contributed by atoms with E-state index in [1.165, 1.54) is 6.07 Å². The molecule has 0 amide bonds. The van der Waals surface area contributed by atoms with Crippen LogP contribution < -0.4 is 5.32 Å². The van der Waals surface area contributed by atoms with Crippen LogP contribution in [0, 0.1) is 0 Å². The van der Waals surface area contributed by atoms with E-state index in [1.807, 2.05) is 20.8 Å². The second kappa shape index (κ2) is 4.28. The number of nitrogens with one attached hydrogen (secondary N) is 1. The molecule has 4 heteroatoms. The molecule has 0 spiro atoms. The van der Waals surface area contributed by atoms with Gasteiger partial charge in [-0.25, -0.2) is 4.79 Å². The van der Waals surface area contributed by atoms with Gasteiger partial charge in [0.25, 0.3) is 0 Å². The van der Waals surface area contributed by atoms with Crippen molar-refractivity contribution in [1.82, 2.24) is 5.32 Å². The Morgan fingerprint density at radius 3 is 2.50 bits per heavy atom. The fourth-order valence-electron chi connectivity index (χ4n) is 1.28. The first-order valence-electron chi connectivity index (χ1n) is 4.59. The number of aromatic carboxylic acids is 1. The van der Waals surface area contributed by atoms with E-state index in [1.54, 1.807) is 6.07 Å². The van der Waals surface area contributed by atoms with Crippen molar-refractivity contribution in [2.75, 3.05) is 0 Å². The molecular weight excluding hydrogens is 182 g/mol. The quantitative estimate of drug-likeness (QED) is 0.775. The third-order valence-electron chi connectivity index (χ3n) is 1.85. The zero-order valence-corrected chi connectivity index (χ0v) is 8.57. The van der Waals surface area contributed by atoms with Gasteiger partial charge in [-0.15, -0.1) is 0 Å². The predicted octanol–water partition coefficient (Wildman–Crippen LogP) is 2.04. The second-order valence-electron chi connectivity index (χ2n) is 3.55. The minimum absolute atomic E-state index is 0.0163. The monoisotopic (exact) mass is 197 g/mol. The molecule has 1 atom stereocenters. The molecule has 2 N–H and O–H groups in total.